The molecule has 3 aliphatic heterocycles. The van der Waals surface area contributed by atoms with Gasteiger partial charge in [0.25, 0.3) is 5.91 Å². The summed E-state index contributed by atoms with van der Waals surface area (Å²) in [7, 11) is 0. The monoisotopic (exact) mass is 557 g/mol. The number of hydrogen-bond donors (Lipinski definition) is 1. The fourth-order valence-corrected chi connectivity index (χ4v) is 6.80. The van der Waals surface area contributed by atoms with Crippen LogP contribution in [0.25, 0.3) is 0 Å². The highest BCUT2D eigenvalue weighted by molar-refractivity contribution is 6.30. The summed E-state index contributed by atoms with van der Waals surface area (Å²) in [6, 6.07) is 6.14. The summed E-state index contributed by atoms with van der Waals surface area (Å²) in [5.41, 5.74) is -0.411. The van der Waals surface area contributed by atoms with E-state index in [1.54, 1.807) is 51.1 Å². The van der Waals surface area contributed by atoms with Crippen molar-refractivity contribution in [3.05, 3.63) is 54.6 Å². The van der Waals surface area contributed by atoms with Crippen LogP contribution in [-0.4, -0.2) is 83.2 Å². The standard InChI is InChI=1S/C30H40ClN3O5/c1-4-16-32(17-5-2)27(36)24-23-14-15-30(39-23)25(24)28(37)34(19-8-7-9-20-35)26(30)29(38)33(18-6-3)22-12-10-21(31)11-13-22/h4,6,10-13,23-26,35H,1,3,5,7-9,14-20H2,2H3/t23-,24+,25+,26?,30?/m1/s1. The van der Waals surface area contributed by atoms with E-state index in [0.29, 0.717) is 56.0 Å². The quantitative estimate of drug-likeness (QED) is 0.277. The third-order valence-electron chi connectivity index (χ3n) is 8.25. The molecule has 8 nitrogen and oxygen atoms in total. The number of fused-ring (bicyclic) bond motifs is 1. The molecule has 1 aromatic rings. The van der Waals surface area contributed by atoms with Crippen LogP contribution in [-0.2, 0) is 19.1 Å². The molecule has 212 valence electrons. The normalized spacial score (nSPS) is 26.9. The molecule has 39 heavy (non-hydrogen) atoms. The van der Waals surface area contributed by atoms with Crippen LogP contribution in [0.2, 0.25) is 5.02 Å². The van der Waals surface area contributed by atoms with Gasteiger partial charge in [0.2, 0.25) is 11.8 Å². The molecule has 0 radical (unpaired) electrons. The summed E-state index contributed by atoms with van der Waals surface area (Å²) in [6.45, 7) is 11.3. The maximum absolute atomic E-state index is 14.4. The number of likely N-dealkylation sites (tertiary alicyclic amines) is 1. The maximum atomic E-state index is 14.4. The first-order chi connectivity index (χ1) is 18.8. The zero-order valence-electron chi connectivity index (χ0n) is 22.8. The Balaban J connectivity index is 1.73. The third-order valence-corrected chi connectivity index (χ3v) is 8.50. The lowest BCUT2D eigenvalue weighted by molar-refractivity contribution is -0.145. The Hall–Kier alpha value is -2.68. The summed E-state index contributed by atoms with van der Waals surface area (Å²) >= 11 is 6.11. The molecule has 1 spiro atoms. The van der Waals surface area contributed by atoms with Gasteiger partial charge in [-0.1, -0.05) is 30.7 Å². The van der Waals surface area contributed by atoms with Gasteiger partial charge in [-0.3, -0.25) is 14.4 Å². The number of unbranched alkanes of at least 4 members (excludes halogenated alkanes) is 2. The number of aliphatic hydroxyl groups excluding tert-OH is 1. The lowest BCUT2D eigenvalue weighted by Crippen LogP contribution is -2.56. The molecule has 4 rings (SSSR count). The minimum atomic E-state index is -1.06. The van der Waals surface area contributed by atoms with E-state index in [2.05, 4.69) is 13.2 Å². The molecule has 9 heteroatoms. The van der Waals surface area contributed by atoms with Gasteiger partial charge >= 0.3 is 0 Å². The number of hydrogen-bond acceptors (Lipinski definition) is 5. The average molecular weight is 558 g/mol. The third kappa shape index (κ3) is 5.39. The smallest absolute Gasteiger partial charge is 0.253 e. The van der Waals surface area contributed by atoms with Gasteiger partial charge in [0.05, 0.1) is 17.9 Å². The lowest BCUT2D eigenvalue weighted by atomic mass is 9.70. The molecule has 3 aliphatic rings. The number of carbonyl (C=O) groups is 3. The fourth-order valence-electron chi connectivity index (χ4n) is 6.67. The molecule has 3 fully saturated rings. The molecule has 2 bridgehead atoms. The van der Waals surface area contributed by atoms with Crippen LogP contribution in [0.5, 0.6) is 0 Å². The summed E-state index contributed by atoms with van der Waals surface area (Å²) in [6.07, 6.45) is 6.90. The van der Waals surface area contributed by atoms with Crippen molar-refractivity contribution in [2.45, 2.75) is 63.2 Å². The predicted octanol–water partition coefficient (Wildman–Crippen LogP) is 3.82. The molecule has 1 aromatic carbocycles. The van der Waals surface area contributed by atoms with Gasteiger partial charge in [0, 0.05) is 43.5 Å². The molecule has 0 saturated carbocycles. The number of halogens is 1. The minimum absolute atomic E-state index is 0.0739. The van der Waals surface area contributed by atoms with Crippen LogP contribution >= 0.6 is 11.6 Å². The topological polar surface area (TPSA) is 90.4 Å². The zero-order chi connectivity index (χ0) is 28.2. The Morgan fingerprint density at radius 3 is 2.51 bits per heavy atom. The first kappa shape index (κ1) is 29.3. The summed E-state index contributed by atoms with van der Waals surface area (Å²) in [5, 5.41) is 9.81. The number of aliphatic hydroxyl groups is 1. The molecule has 2 unspecified atom stereocenters. The second kappa shape index (κ2) is 12.7. The molecular formula is C30H40ClN3O5. The van der Waals surface area contributed by atoms with Crippen LogP contribution in [0.3, 0.4) is 0 Å². The van der Waals surface area contributed by atoms with E-state index in [1.807, 2.05) is 6.92 Å². The zero-order valence-corrected chi connectivity index (χ0v) is 23.5. The van der Waals surface area contributed by atoms with Crippen molar-refractivity contribution in [1.29, 1.82) is 0 Å². The van der Waals surface area contributed by atoms with E-state index in [1.165, 1.54) is 0 Å². The van der Waals surface area contributed by atoms with Crippen molar-refractivity contribution in [3.8, 4) is 0 Å². The van der Waals surface area contributed by atoms with E-state index in [4.69, 9.17) is 16.3 Å². The van der Waals surface area contributed by atoms with Gasteiger partial charge in [0.1, 0.15) is 11.6 Å². The van der Waals surface area contributed by atoms with Crippen molar-refractivity contribution >= 4 is 35.0 Å². The molecule has 5 atom stereocenters. The van der Waals surface area contributed by atoms with Gasteiger partial charge in [-0.25, -0.2) is 0 Å². The maximum Gasteiger partial charge on any atom is 0.253 e. The Labute approximate surface area is 236 Å². The van der Waals surface area contributed by atoms with Gasteiger partial charge in [-0.2, -0.15) is 0 Å². The average Bonchev–Trinajstić information content (AvgIpc) is 3.57. The summed E-state index contributed by atoms with van der Waals surface area (Å²) < 4.78 is 6.60. The second-order valence-corrected chi connectivity index (χ2v) is 11.1. The molecule has 0 aromatic heterocycles. The summed E-state index contributed by atoms with van der Waals surface area (Å²) in [5.74, 6) is -1.88. The number of benzene rings is 1. The molecule has 3 heterocycles. The van der Waals surface area contributed by atoms with E-state index in [-0.39, 0.29) is 30.9 Å². The van der Waals surface area contributed by atoms with Crippen molar-refractivity contribution in [1.82, 2.24) is 9.80 Å². The van der Waals surface area contributed by atoms with Crippen molar-refractivity contribution in [3.63, 3.8) is 0 Å². The molecule has 3 saturated heterocycles. The Kier molecular flexibility index (Phi) is 9.51. The summed E-state index contributed by atoms with van der Waals surface area (Å²) in [4.78, 5) is 47.5. The van der Waals surface area contributed by atoms with Crippen LogP contribution in [0, 0.1) is 11.8 Å². The first-order valence-corrected chi connectivity index (χ1v) is 14.4. The number of amides is 3. The van der Waals surface area contributed by atoms with Gasteiger partial charge in [-0.15, -0.1) is 13.2 Å². The predicted molar refractivity (Wildman–Crippen MR) is 151 cm³/mol. The lowest BCUT2D eigenvalue weighted by Gasteiger charge is -2.37. The van der Waals surface area contributed by atoms with Crippen LogP contribution < -0.4 is 4.90 Å². The number of anilines is 1. The number of ether oxygens (including phenoxy) is 1. The van der Waals surface area contributed by atoms with E-state index < -0.39 is 29.6 Å². The van der Waals surface area contributed by atoms with E-state index in [9.17, 15) is 19.5 Å². The highest BCUT2D eigenvalue weighted by Crippen LogP contribution is 2.59. The van der Waals surface area contributed by atoms with Crippen LogP contribution in [0.15, 0.2) is 49.6 Å². The van der Waals surface area contributed by atoms with Gasteiger partial charge in [-0.05, 0) is 62.8 Å². The molecule has 3 amide bonds. The fraction of sp³-hybridized carbons (Fsp3) is 0.567. The SMILES string of the molecule is C=CCN(CCC)C(=O)[C@@H]1[C@H]2C(=O)N(CCCCCO)C(C(=O)N(CC=C)c3ccc(Cl)cc3)C23CC[C@H]1O3. The number of nitrogens with zero attached hydrogens (tertiary/aromatic N) is 3. The van der Waals surface area contributed by atoms with Crippen molar-refractivity contribution in [2.24, 2.45) is 11.8 Å². The minimum Gasteiger partial charge on any atom is -0.396 e. The molecule has 1 N–H and O–H groups in total. The number of carbonyl (C=O) groups excluding carboxylic acids is 3. The largest absolute Gasteiger partial charge is 0.396 e. The van der Waals surface area contributed by atoms with E-state index in [0.717, 1.165) is 12.8 Å². The first-order valence-electron chi connectivity index (χ1n) is 14.0. The van der Waals surface area contributed by atoms with Crippen molar-refractivity contribution in [2.75, 3.05) is 37.7 Å². The Morgan fingerprint density at radius 1 is 1.15 bits per heavy atom. The Morgan fingerprint density at radius 2 is 1.87 bits per heavy atom. The van der Waals surface area contributed by atoms with Gasteiger partial charge in [0.15, 0.2) is 0 Å². The van der Waals surface area contributed by atoms with Crippen molar-refractivity contribution < 1.29 is 24.2 Å². The van der Waals surface area contributed by atoms with Gasteiger partial charge < -0.3 is 24.5 Å². The van der Waals surface area contributed by atoms with E-state index >= 15 is 0 Å². The highest BCUT2D eigenvalue weighted by Gasteiger charge is 2.74. The number of rotatable bonds is 14. The molecule has 0 aliphatic carbocycles. The van der Waals surface area contributed by atoms with Crippen LogP contribution in [0.1, 0.15) is 45.4 Å². The Bertz CT molecular complexity index is 1080. The second-order valence-electron chi connectivity index (χ2n) is 10.7. The highest BCUT2D eigenvalue weighted by atomic mass is 35.5. The van der Waals surface area contributed by atoms with Crippen LogP contribution in [0.4, 0.5) is 5.69 Å². The molecular weight excluding hydrogens is 518 g/mol.